The smallest absolute Gasteiger partial charge is 0.344 e. The third-order valence-corrected chi connectivity index (χ3v) is 3.64. The Morgan fingerprint density at radius 3 is 2.19 bits per heavy atom. The topological polar surface area (TPSA) is 93.7 Å². The largest absolute Gasteiger partial charge is 0.480 e. The number of nitrogens with one attached hydrogen (secondary N) is 2. The third kappa shape index (κ3) is 6.63. The number of amides is 2. The van der Waals surface area contributed by atoms with Crippen LogP contribution in [0.4, 0.5) is 11.4 Å². The standard InChI is InChI=1S/C19H19ClN2O5/c1-12(27-18(24)11-26-17-6-4-3-5-16(17)20)19(25)22-15-9-7-14(8-10-15)21-13(2)23/h3-10,12H,11H2,1-2H3,(H,21,23)(H,22,25)/t12-/m0/s1. The van der Waals surface area contributed by atoms with Gasteiger partial charge in [-0.1, -0.05) is 23.7 Å². The van der Waals surface area contributed by atoms with Gasteiger partial charge in [0.25, 0.3) is 5.91 Å². The van der Waals surface area contributed by atoms with E-state index >= 15 is 0 Å². The van der Waals surface area contributed by atoms with Crippen molar-refractivity contribution in [2.45, 2.75) is 20.0 Å². The molecule has 2 aromatic rings. The van der Waals surface area contributed by atoms with E-state index in [0.717, 1.165) is 0 Å². The summed E-state index contributed by atoms with van der Waals surface area (Å²) in [4.78, 5) is 34.9. The number of rotatable bonds is 7. The number of halogens is 1. The second kappa shape index (κ2) is 9.59. The van der Waals surface area contributed by atoms with Crippen molar-refractivity contribution in [2.75, 3.05) is 17.2 Å². The van der Waals surface area contributed by atoms with Crippen LogP contribution in [-0.2, 0) is 19.1 Å². The lowest BCUT2D eigenvalue weighted by molar-refractivity contribution is -0.155. The first kappa shape index (κ1) is 20.3. The minimum atomic E-state index is -1.01. The molecule has 1 atom stereocenters. The van der Waals surface area contributed by atoms with Crippen molar-refractivity contribution in [3.8, 4) is 5.75 Å². The van der Waals surface area contributed by atoms with Gasteiger partial charge in [-0.2, -0.15) is 0 Å². The van der Waals surface area contributed by atoms with E-state index in [1.807, 2.05) is 0 Å². The van der Waals surface area contributed by atoms with E-state index in [2.05, 4.69) is 10.6 Å². The summed E-state index contributed by atoms with van der Waals surface area (Å²) in [7, 11) is 0. The van der Waals surface area contributed by atoms with E-state index in [4.69, 9.17) is 21.1 Å². The molecule has 7 nitrogen and oxygen atoms in total. The fraction of sp³-hybridized carbons (Fsp3) is 0.211. The van der Waals surface area contributed by atoms with Gasteiger partial charge >= 0.3 is 5.97 Å². The van der Waals surface area contributed by atoms with Crippen LogP contribution in [0, 0.1) is 0 Å². The average molecular weight is 391 g/mol. The number of esters is 1. The third-order valence-electron chi connectivity index (χ3n) is 3.33. The zero-order chi connectivity index (χ0) is 19.8. The predicted octanol–water partition coefficient (Wildman–Crippen LogP) is 3.25. The van der Waals surface area contributed by atoms with Crippen LogP contribution >= 0.6 is 11.6 Å². The SMILES string of the molecule is CC(=O)Nc1ccc(NC(=O)[C@H](C)OC(=O)COc2ccccc2Cl)cc1. The van der Waals surface area contributed by atoms with E-state index in [9.17, 15) is 14.4 Å². The molecule has 0 spiro atoms. The summed E-state index contributed by atoms with van der Waals surface area (Å²) in [5, 5.41) is 5.61. The summed E-state index contributed by atoms with van der Waals surface area (Å²) < 4.78 is 10.3. The zero-order valence-corrected chi connectivity index (χ0v) is 15.6. The minimum absolute atomic E-state index is 0.189. The summed E-state index contributed by atoms with van der Waals surface area (Å²) in [6.07, 6.45) is -1.01. The van der Waals surface area contributed by atoms with Crippen LogP contribution in [0.1, 0.15) is 13.8 Å². The van der Waals surface area contributed by atoms with Crippen LogP contribution in [0.2, 0.25) is 5.02 Å². The van der Waals surface area contributed by atoms with Crippen LogP contribution in [0.25, 0.3) is 0 Å². The lowest BCUT2D eigenvalue weighted by Crippen LogP contribution is -2.31. The number of anilines is 2. The second-order valence-electron chi connectivity index (χ2n) is 5.60. The highest BCUT2D eigenvalue weighted by atomic mass is 35.5. The molecule has 8 heteroatoms. The monoisotopic (exact) mass is 390 g/mol. The van der Waals surface area contributed by atoms with Crippen molar-refractivity contribution in [3.05, 3.63) is 53.6 Å². The number of hydrogen-bond donors (Lipinski definition) is 2. The van der Waals surface area contributed by atoms with Crippen molar-refractivity contribution >= 4 is 40.8 Å². The first-order valence-corrected chi connectivity index (χ1v) is 8.48. The molecule has 0 saturated carbocycles. The summed E-state index contributed by atoms with van der Waals surface area (Å²) >= 11 is 5.93. The van der Waals surface area contributed by atoms with Gasteiger partial charge in [0.1, 0.15) is 5.75 Å². The van der Waals surface area contributed by atoms with E-state index < -0.39 is 18.0 Å². The molecular formula is C19H19ClN2O5. The van der Waals surface area contributed by atoms with Crippen LogP contribution in [0.15, 0.2) is 48.5 Å². The fourth-order valence-corrected chi connectivity index (χ4v) is 2.26. The van der Waals surface area contributed by atoms with E-state index in [-0.39, 0.29) is 12.5 Å². The molecule has 0 aliphatic heterocycles. The normalized spacial score (nSPS) is 11.2. The van der Waals surface area contributed by atoms with Gasteiger partial charge in [-0.05, 0) is 43.3 Å². The molecule has 0 heterocycles. The van der Waals surface area contributed by atoms with Gasteiger partial charge in [0.05, 0.1) is 5.02 Å². The van der Waals surface area contributed by atoms with E-state index in [0.29, 0.717) is 22.1 Å². The Labute approximate surface area is 161 Å². The zero-order valence-electron chi connectivity index (χ0n) is 14.8. The first-order valence-electron chi connectivity index (χ1n) is 8.10. The maximum atomic E-state index is 12.1. The number of hydrogen-bond acceptors (Lipinski definition) is 5. The molecule has 0 aliphatic carbocycles. The molecule has 0 radical (unpaired) electrons. The molecule has 2 N–H and O–H groups in total. The second-order valence-corrected chi connectivity index (χ2v) is 6.01. The molecule has 0 unspecified atom stereocenters. The van der Waals surface area contributed by atoms with E-state index in [1.54, 1.807) is 48.5 Å². The van der Waals surface area contributed by atoms with Crippen molar-refractivity contribution in [1.29, 1.82) is 0 Å². The molecule has 0 aromatic heterocycles. The highest BCUT2D eigenvalue weighted by Crippen LogP contribution is 2.23. The number of benzene rings is 2. The van der Waals surface area contributed by atoms with Crippen molar-refractivity contribution in [2.24, 2.45) is 0 Å². The summed E-state index contributed by atoms with van der Waals surface area (Å²) in [5.74, 6) is -1.02. The molecule has 27 heavy (non-hydrogen) atoms. The van der Waals surface area contributed by atoms with Gasteiger partial charge in [-0.15, -0.1) is 0 Å². The molecule has 0 bridgehead atoms. The molecule has 0 fully saturated rings. The van der Waals surface area contributed by atoms with Crippen LogP contribution in [0.3, 0.4) is 0 Å². The molecular weight excluding hydrogens is 372 g/mol. The summed E-state index contributed by atoms with van der Waals surface area (Å²) in [5.41, 5.74) is 1.11. The van der Waals surface area contributed by atoms with Crippen LogP contribution in [0.5, 0.6) is 5.75 Å². The highest BCUT2D eigenvalue weighted by Gasteiger charge is 2.18. The van der Waals surface area contributed by atoms with Gasteiger partial charge in [-0.3, -0.25) is 9.59 Å². The quantitative estimate of drug-likeness (QED) is 0.708. The Balaban J connectivity index is 1.81. The summed E-state index contributed by atoms with van der Waals surface area (Å²) in [6.45, 7) is 2.49. The van der Waals surface area contributed by atoms with Crippen molar-refractivity contribution in [3.63, 3.8) is 0 Å². The maximum absolute atomic E-state index is 12.1. The Morgan fingerprint density at radius 2 is 1.59 bits per heavy atom. The van der Waals surface area contributed by atoms with Gasteiger partial charge < -0.3 is 20.1 Å². The Bertz CT molecular complexity index is 823. The van der Waals surface area contributed by atoms with Crippen LogP contribution in [-0.4, -0.2) is 30.5 Å². The number of para-hydroxylation sites is 1. The number of carbonyl (C=O) groups excluding carboxylic acids is 3. The molecule has 142 valence electrons. The molecule has 0 aliphatic rings. The molecule has 2 aromatic carbocycles. The lowest BCUT2D eigenvalue weighted by Gasteiger charge is -2.14. The predicted molar refractivity (Wildman–Crippen MR) is 102 cm³/mol. The lowest BCUT2D eigenvalue weighted by atomic mass is 10.2. The maximum Gasteiger partial charge on any atom is 0.344 e. The molecule has 2 rings (SSSR count). The van der Waals surface area contributed by atoms with Gasteiger partial charge in [0.15, 0.2) is 12.7 Å². The van der Waals surface area contributed by atoms with Gasteiger partial charge in [-0.25, -0.2) is 4.79 Å². The van der Waals surface area contributed by atoms with Crippen molar-refractivity contribution in [1.82, 2.24) is 0 Å². The number of ether oxygens (including phenoxy) is 2. The average Bonchev–Trinajstić information content (AvgIpc) is 2.62. The Hall–Kier alpha value is -3.06. The minimum Gasteiger partial charge on any atom is -0.480 e. The summed E-state index contributed by atoms with van der Waals surface area (Å²) in [6, 6.07) is 13.3. The number of carbonyl (C=O) groups is 3. The van der Waals surface area contributed by atoms with E-state index in [1.165, 1.54) is 13.8 Å². The highest BCUT2D eigenvalue weighted by molar-refractivity contribution is 6.32. The van der Waals surface area contributed by atoms with Gasteiger partial charge in [0, 0.05) is 18.3 Å². The fourth-order valence-electron chi connectivity index (χ4n) is 2.07. The van der Waals surface area contributed by atoms with Crippen molar-refractivity contribution < 1.29 is 23.9 Å². The molecule has 2 amide bonds. The molecule has 0 saturated heterocycles. The van der Waals surface area contributed by atoms with Gasteiger partial charge in [0.2, 0.25) is 5.91 Å². The first-order chi connectivity index (χ1) is 12.8. The van der Waals surface area contributed by atoms with Crippen LogP contribution < -0.4 is 15.4 Å². The Morgan fingerprint density at radius 1 is 1.00 bits per heavy atom. The Kier molecular flexibility index (Phi) is 7.19.